The number of fused-ring (bicyclic) bond motifs is 2. The molecule has 1 aliphatic carbocycles. The summed E-state index contributed by atoms with van der Waals surface area (Å²) in [6.45, 7) is 1.47. The van der Waals surface area contributed by atoms with Crippen molar-refractivity contribution >= 4 is 49.7 Å². The van der Waals surface area contributed by atoms with Gasteiger partial charge in [-0.05, 0) is 47.7 Å². The number of aryl methyl sites for hydroxylation is 2. The van der Waals surface area contributed by atoms with Crippen molar-refractivity contribution in [3.05, 3.63) is 75.8 Å². The third-order valence-corrected chi connectivity index (χ3v) is 6.32. The van der Waals surface area contributed by atoms with Gasteiger partial charge in [-0.3, -0.25) is 9.52 Å². The number of hydrogen-bond acceptors (Lipinski definition) is 5. The molecule has 2 aromatic carbocycles. The Hall–Kier alpha value is -2.97. The van der Waals surface area contributed by atoms with Crippen molar-refractivity contribution in [2.45, 2.75) is 19.8 Å². The Labute approximate surface area is 179 Å². The fourth-order valence-corrected chi connectivity index (χ4v) is 5.17. The van der Waals surface area contributed by atoms with Crippen LogP contribution in [-0.2, 0) is 27.7 Å². The molecular weight excluding hydrogens is 418 g/mol. The van der Waals surface area contributed by atoms with Crippen molar-refractivity contribution in [3.63, 3.8) is 0 Å². The first-order chi connectivity index (χ1) is 14.3. The number of anilines is 2. The first-order valence-corrected chi connectivity index (χ1v) is 12.1. The Bertz CT molecular complexity index is 1260. The van der Waals surface area contributed by atoms with Gasteiger partial charge in [0.1, 0.15) is 0 Å². The summed E-state index contributed by atoms with van der Waals surface area (Å²) in [5.41, 5.74) is 5.71. The van der Waals surface area contributed by atoms with Crippen molar-refractivity contribution in [1.82, 2.24) is 4.98 Å². The average molecular weight is 440 g/mol. The number of nitrogens with zero attached hydrogens (tertiary/aromatic N) is 1. The molecule has 0 atom stereocenters. The average Bonchev–Trinajstić information content (AvgIpc) is 2.99. The summed E-state index contributed by atoms with van der Waals surface area (Å²) in [4.78, 5) is 17.2. The maximum atomic E-state index is 11.6. The van der Waals surface area contributed by atoms with Crippen LogP contribution >= 0.6 is 11.3 Å². The molecule has 0 bridgehead atoms. The fourth-order valence-electron chi connectivity index (χ4n) is 3.53. The van der Waals surface area contributed by atoms with Gasteiger partial charge >= 0.3 is 0 Å². The molecule has 0 unspecified atom stereocenters. The standard InChI is InChI=1S/C22H21N3O3S2/c1-14(26)23-22-24-20-11-10-16-7-3-4-9-18(16)19(21(20)29-22)13-15-6-5-8-17(12-15)25-30(2,27)28/h3-9,12-13,25H,10-11H2,1-2H3,(H,23,24,26)/b19-13-. The number of amides is 1. The highest BCUT2D eigenvalue weighted by molar-refractivity contribution is 7.92. The lowest BCUT2D eigenvalue weighted by molar-refractivity contribution is -0.114. The molecule has 0 fully saturated rings. The Balaban J connectivity index is 1.85. The maximum Gasteiger partial charge on any atom is 0.229 e. The van der Waals surface area contributed by atoms with E-state index in [1.54, 1.807) is 12.1 Å². The van der Waals surface area contributed by atoms with E-state index in [0.29, 0.717) is 10.8 Å². The predicted molar refractivity (Wildman–Crippen MR) is 122 cm³/mol. The van der Waals surface area contributed by atoms with Crippen LogP contribution in [0.15, 0.2) is 48.5 Å². The predicted octanol–water partition coefficient (Wildman–Crippen LogP) is 4.16. The first kappa shape index (κ1) is 20.3. The Morgan fingerprint density at radius 1 is 1.13 bits per heavy atom. The molecule has 0 saturated carbocycles. The highest BCUT2D eigenvalue weighted by Gasteiger charge is 2.22. The molecule has 6 nitrogen and oxygen atoms in total. The number of aromatic nitrogens is 1. The fraction of sp³-hybridized carbons (Fsp3) is 0.182. The van der Waals surface area contributed by atoms with Crippen LogP contribution in [0.1, 0.15) is 34.2 Å². The molecule has 30 heavy (non-hydrogen) atoms. The number of hydrogen-bond donors (Lipinski definition) is 2. The van der Waals surface area contributed by atoms with E-state index in [1.165, 1.54) is 23.8 Å². The van der Waals surface area contributed by atoms with Gasteiger partial charge in [-0.1, -0.05) is 47.7 Å². The van der Waals surface area contributed by atoms with E-state index in [1.807, 2.05) is 30.3 Å². The van der Waals surface area contributed by atoms with Gasteiger partial charge < -0.3 is 5.32 Å². The third kappa shape index (κ3) is 4.60. The number of rotatable bonds is 4. The summed E-state index contributed by atoms with van der Waals surface area (Å²) >= 11 is 1.46. The van der Waals surface area contributed by atoms with E-state index in [4.69, 9.17) is 0 Å². The van der Waals surface area contributed by atoms with E-state index < -0.39 is 10.0 Å². The van der Waals surface area contributed by atoms with Gasteiger partial charge in [0.2, 0.25) is 15.9 Å². The lowest BCUT2D eigenvalue weighted by Crippen LogP contribution is -2.09. The van der Waals surface area contributed by atoms with Crippen molar-refractivity contribution in [3.8, 4) is 0 Å². The summed E-state index contributed by atoms with van der Waals surface area (Å²) in [6, 6.07) is 15.5. The first-order valence-electron chi connectivity index (χ1n) is 9.44. The molecule has 2 N–H and O–H groups in total. The lowest BCUT2D eigenvalue weighted by Gasteiger charge is -2.10. The topological polar surface area (TPSA) is 88.2 Å². The largest absolute Gasteiger partial charge is 0.302 e. The van der Waals surface area contributed by atoms with Crippen LogP contribution in [0, 0.1) is 0 Å². The molecule has 0 aliphatic heterocycles. The van der Waals surface area contributed by atoms with E-state index in [-0.39, 0.29) is 5.91 Å². The van der Waals surface area contributed by atoms with Gasteiger partial charge in [0.15, 0.2) is 5.13 Å². The molecule has 1 heterocycles. The number of nitrogens with one attached hydrogen (secondary N) is 2. The quantitative estimate of drug-likeness (QED) is 0.639. The van der Waals surface area contributed by atoms with Crippen molar-refractivity contribution in [2.75, 3.05) is 16.3 Å². The monoisotopic (exact) mass is 439 g/mol. The van der Waals surface area contributed by atoms with Gasteiger partial charge in [0, 0.05) is 18.2 Å². The van der Waals surface area contributed by atoms with Gasteiger partial charge in [-0.2, -0.15) is 0 Å². The molecule has 0 saturated heterocycles. The van der Waals surface area contributed by atoms with Crippen molar-refractivity contribution in [2.24, 2.45) is 0 Å². The van der Waals surface area contributed by atoms with Crippen LogP contribution < -0.4 is 10.0 Å². The van der Waals surface area contributed by atoms with E-state index in [9.17, 15) is 13.2 Å². The molecule has 1 aliphatic rings. The molecule has 8 heteroatoms. The van der Waals surface area contributed by atoms with Crippen LogP contribution in [-0.4, -0.2) is 25.6 Å². The summed E-state index contributed by atoms with van der Waals surface area (Å²) in [5, 5.41) is 3.38. The van der Waals surface area contributed by atoms with Gasteiger partial charge in [-0.25, -0.2) is 13.4 Å². The summed E-state index contributed by atoms with van der Waals surface area (Å²) in [5.74, 6) is -0.149. The van der Waals surface area contributed by atoms with Crippen molar-refractivity contribution < 1.29 is 13.2 Å². The minimum Gasteiger partial charge on any atom is -0.302 e. The lowest BCUT2D eigenvalue weighted by atomic mass is 9.97. The van der Waals surface area contributed by atoms with Crippen molar-refractivity contribution in [1.29, 1.82) is 0 Å². The molecule has 4 rings (SSSR count). The molecule has 1 amide bonds. The van der Waals surface area contributed by atoms with Gasteiger partial charge in [0.05, 0.1) is 16.8 Å². The molecule has 1 aromatic heterocycles. The number of carbonyl (C=O) groups excluding carboxylic acids is 1. The van der Waals surface area contributed by atoms with E-state index in [0.717, 1.165) is 46.4 Å². The van der Waals surface area contributed by atoms with Crippen LogP contribution in [0.5, 0.6) is 0 Å². The van der Waals surface area contributed by atoms with Crippen LogP contribution in [0.25, 0.3) is 11.6 Å². The zero-order valence-corrected chi connectivity index (χ0v) is 18.2. The van der Waals surface area contributed by atoms with E-state index in [2.05, 4.69) is 27.2 Å². The third-order valence-electron chi connectivity index (χ3n) is 4.66. The van der Waals surface area contributed by atoms with Gasteiger partial charge in [0.25, 0.3) is 0 Å². The second-order valence-electron chi connectivity index (χ2n) is 7.19. The highest BCUT2D eigenvalue weighted by Crippen LogP contribution is 2.39. The second-order valence-corrected chi connectivity index (χ2v) is 9.94. The summed E-state index contributed by atoms with van der Waals surface area (Å²) in [6.07, 6.45) is 4.83. The molecule has 0 radical (unpaired) electrons. The smallest absolute Gasteiger partial charge is 0.229 e. The maximum absolute atomic E-state index is 11.6. The number of benzene rings is 2. The second kappa shape index (κ2) is 8.04. The Kier molecular flexibility index (Phi) is 5.44. The minimum atomic E-state index is -3.36. The molecular formula is C22H21N3O3S2. The Morgan fingerprint density at radius 2 is 1.93 bits per heavy atom. The highest BCUT2D eigenvalue weighted by atomic mass is 32.2. The number of sulfonamides is 1. The van der Waals surface area contributed by atoms with Crippen LogP contribution in [0.2, 0.25) is 0 Å². The SMILES string of the molecule is CC(=O)Nc1nc2c(s1)/C(=C\c1cccc(NS(C)(=O)=O)c1)c1ccccc1CC2. The Morgan fingerprint density at radius 3 is 2.70 bits per heavy atom. The summed E-state index contributed by atoms with van der Waals surface area (Å²) in [7, 11) is -3.36. The molecule has 3 aromatic rings. The van der Waals surface area contributed by atoms with Crippen LogP contribution in [0.3, 0.4) is 0 Å². The summed E-state index contributed by atoms with van der Waals surface area (Å²) < 4.78 is 25.7. The molecule has 154 valence electrons. The van der Waals surface area contributed by atoms with Gasteiger partial charge in [-0.15, -0.1) is 0 Å². The number of carbonyl (C=O) groups is 1. The van der Waals surface area contributed by atoms with E-state index >= 15 is 0 Å². The molecule has 0 spiro atoms. The normalized spacial score (nSPS) is 14.5. The van der Waals surface area contributed by atoms with Crippen LogP contribution in [0.4, 0.5) is 10.8 Å². The zero-order valence-electron chi connectivity index (χ0n) is 16.6. The number of thiazole rings is 1. The minimum absolute atomic E-state index is 0.149. The zero-order chi connectivity index (χ0) is 21.3.